The summed E-state index contributed by atoms with van der Waals surface area (Å²) >= 11 is 1.80. The van der Waals surface area contributed by atoms with E-state index >= 15 is 0 Å². The molecule has 0 aliphatic carbocycles. The highest BCUT2D eigenvalue weighted by atomic mass is 127. The molecule has 0 spiro atoms. The third kappa shape index (κ3) is 4.85. The third-order valence-corrected chi connectivity index (χ3v) is 5.63. The first-order chi connectivity index (χ1) is 13.3. The number of hydrogen-bond acceptors (Lipinski definition) is 4. The topological polar surface area (TPSA) is 48.7 Å². The largest absolute Gasteiger partial charge is 0.360 e. The van der Waals surface area contributed by atoms with Gasteiger partial charge in [-0.1, -0.05) is 18.2 Å². The van der Waals surface area contributed by atoms with Crippen LogP contribution in [0.3, 0.4) is 0 Å². The first-order valence-corrected chi connectivity index (χ1v) is 10.1. The summed E-state index contributed by atoms with van der Waals surface area (Å²) in [5.74, 6) is 0.940. The summed E-state index contributed by atoms with van der Waals surface area (Å²) in [5.41, 5.74) is 2.06. The molecule has 4 rings (SSSR count). The lowest BCUT2D eigenvalue weighted by Crippen LogP contribution is -2.52. The number of aromatic nitrogens is 2. The zero-order valence-electron chi connectivity index (χ0n) is 15.9. The van der Waals surface area contributed by atoms with Gasteiger partial charge in [-0.15, -0.1) is 35.3 Å². The standard InChI is InChI=1S/C20H24N6S.HI/c1-21-20(25-13-11-24(12-14-25)19-8-5-15-27-19)22-16-17-9-10-26(23-17)18-6-3-2-4-7-18;/h2-10,15H,11-14,16H2,1H3,(H,21,22);1H. The lowest BCUT2D eigenvalue weighted by Gasteiger charge is -2.36. The van der Waals surface area contributed by atoms with Crippen LogP contribution in [0.15, 0.2) is 65.1 Å². The van der Waals surface area contributed by atoms with E-state index in [1.807, 2.05) is 42.2 Å². The molecule has 0 amide bonds. The van der Waals surface area contributed by atoms with E-state index in [1.54, 1.807) is 11.3 Å². The average Bonchev–Trinajstić information content (AvgIpc) is 3.42. The Morgan fingerprint density at radius 1 is 1.07 bits per heavy atom. The monoisotopic (exact) mass is 508 g/mol. The number of anilines is 1. The molecule has 1 fully saturated rings. The molecule has 1 saturated heterocycles. The van der Waals surface area contributed by atoms with Crippen molar-refractivity contribution >= 4 is 46.3 Å². The molecule has 3 aromatic rings. The summed E-state index contributed by atoms with van der Waals surface area (Å²) in [4.78, 5) is 9.22. The van der Waals surface area contributed by atoms with Crippen LogP contribution in [0.2, 0.25) is 0 Å². The Labute approximate surface area is 186 Å². The van der Waals surface area contributed by atoms with Crippen LogP contribution in [0.5, 0.6) is 0 Å². The number of halogens is 1. The predicted octanol–water partition coefficient (Wildman–Crippen LogP) is 3.45. The first-order valence-electron chi connectivity index (χ1n) is 9.17. The van der Waals surface area contributed by atoms with Crippen LogP contribution in [-0.4, -0.2) is 53.9 Å². The Bertz CT molecular complexity index is 869. The number of hydrogen-bond donors (Lipinski definition) is 1. The predicted molar refractivity (Wildman–Crippen MR) is 127 cm³/mol. The van der Waals surface area contributed by atoms with Crippen molar-refractivity contribution in [3.8, 4) is 5.69 Å². The van der Waals surface area contributed by atoms with Gasteiger partial charge in [0.1, 0.15) is 0 Å². The number of aliphatic imine (C=N–C) groups is 1. The van der Waals surface area contributed by atoms with Gasteiger partial charge in [-0.25, -0.2) is 4.68 Å². The van der Waals surface area contributed by atoms with Crippen LogP contribution in [0.25, 0.3) is 5.69 Å². The zero-order chi connectivity index (χ0) is 18.5. The molecule has 28 heavy (non-hydrogen) atoms. The van der Waals surface area contributed by atoms with Gasteiger partial charge in [-0.2, -0.15) is 5.10 Å². The second-order valence-corrected chi connectivity index (χ2v) is 7.34. The number of rotatable bonds is 4. The molecule has 3 heterocycles. The van der Waals surface area contributed by atoms with Crippen molar-refractivity contribution in [2.75, 3.05) is 38.1 Å². The molecule has 2 aromatic heterocycles. The van der Waals surface area contributed by atoms with E-state index in [9.17, 15) is 0 Å². The molecule has 1 aliphatic heterocycles. The summed E-state index contributed by atoms with van der Waals surface area (Å²) in [5, 5.41) is 11.6. The van der Waals surface area contributed by atoms with Gasteiger partial charge in [0.15, 0.2) is 5.96 Å². The number of piperazine rings is 1. The lowest BCUT2D eigenvalue weighted by molar-refractivity contribution is 0.373. The highest BCUT2D eigenvalue weighted by molar-refractivity contribution is 14.0. The number of thiophene rings is 1. The van der Waals surface area contributed by atoms with Crippen molar-refractivity contribution < 1.29 is 0 Å². The van der Waals surface area contributed by atoms with Crippen LogP contribution in [0, 0.1) is 0 Å². The van der Waals surface area contributed by atoms with E-state index < -0.39 is 0 Å². The van der Waals surface area contributed by atoms with Crippen molar-refractivity contribution in [1.82, 2.24) is 20.0 Å². The Hall–Kier alpha value is -2.07. The van der Waals surface area contributed by atoms with Crippen molar-refractivity contribution in [2.45, 2.75) is 6.54 Å². The van der Waals surface area contributed by atoms with Crippen molar-refractivity contribution in [2.24, 2.45) is 4.99 Å². The first kappa shape index (κ1) is 20.7. The Morgan fingerprint density at radius 3 is 2.54 bits per heavy atom. The van der Waals surface area contributed by atoms with E-state index in [-0.39, 0.29) is 24.0 Å². The maximum absolute atomic E-state index is 4.65. The zero-order valence-corrected chi connectivity index (χ0v) is 19.0. The van der Waals surface area contributed by atoms with Gasteiger partial charge >= 0.3 is 0 Å². The number of para-hydroxylation sites is 1. The van der Waals surface area contributed by atoms with Crippen LogP contribution in [0.4, 0.5) is 5.00 Å². The molecular formula is C20H25IN6S. The highest BCUT2D eigenvalue weighted by Crippen LogP contribution is 2.22. The Balaban J connectivity index is 0.00000225. The molecule has 148 valence electrons. The van der Waals surface area contributed by atoms with Crippen LogP contribution in [-0.2, 0) is 6.54 Å². The second-order valence-electron chi connectivity index (χ2n) is 6.41. The highest BCUT2D eigenvalue weighted by Gasteiger charge is 2.20. The van der Waals surface area contributed by atoms with Gasteiger partial charge in [0.2, 0.25) is 0 Å². The van der Waals surface area contributed by atoms with Crippen LogP contribution >= 0.6 is 35.3 Å². The minimum absolute atomic E-state index is 0. The van der Waals surface area contributed by atoms with Gasteiger partial charge in [0, 0.05) is 39.4 Å². The molecule has 0 bridgehead atoms. The molecule has 6 nitrogen and oxygen atoms in total. The van der Waals surface area contributed by atoms with Gasteiger partial charge in [0.25, 0.3) is 0 Å². The van der Waals surface area contributed by atoms with Crippen LogP contribution in [0.1, 0.15) is 5.69 Å². The van der Waals surface area contributed by atoms with E-state index in [0.29, 0.717) is 6.54 Å². The van der Waals surface area contributed by atoms with E-state index in [4.69, 9.17) is 0 Å². The molecular weight excluding hydrogens is 483 g/mol. The van der Waals surface area contributed by atoms with Crippen molar-refractivity contribution in [3.05, 3.63) is 65.8 Å². The van der Waals surface area contributed by atoms with E-state index in [1.165, 1.54) is 5.00 Å². The molecule has 0 saturated carbocycles. The summed E-state index contributed by atoms with van der Waals surface area (Å²) in [6.07, 6.45) is 1.99. The van der Waals surface area contributed by atoms with Crippen molar-refractivity contribution in [3.63, 3.8) is 0 Å². The van der Waals surface area contributed by atoms with Gasteiger partial charge in [0.05, 0.1) is 22.9 Å². The fourth-order valence-corrected chi connectivity index (χ4v) is 4.06. The van der Waals surface area contributed by atoms with E-state index in [0.717, 1.165) is 43.5 Å². The summed E-state index contributed by atoms with van der Waals surface area (Å²) < 4.78 is 1.90. The molecule has 1 N–H and O–H groups in total. The minimum Gasteiger partial charge on any atom is -0.360 e. The molecule has 1 aliphatic rings. The Kier molecular flexibility index (Phi) is 7.32. The molecule has 1 aromatic carbocycles. The fraction of sp³-hybridized carbons (Fsp3) is 0.300. The lowest BCUT2D eigenvalue weighted by atomic mass is 10.3. The number of nitrogens with zero attached hydrogens (tertiary/aromatic N) is 5. The minimum atomic E-state index is 0. The normalized spacial score (nSPS) is 14.7. The number of guanidine groups is 1. The average molecular weight is 508 g/mol. The van der Waals surface area contributed by atoms with Gasteiger partial charge < -0.3 is 15.1 Å². The SMILES string of the molecule is CN=C(NCc1ccn(-c2ccccc2)n1)N1CCN(c2cccs2)CC1.I. The maximum Gasteiger partial charge on any atom is 0.194 e. The smallest absolute Gasteiger partial charge is 0.194 e. The number of benzene rings is 1. The molecule has 8 heteroatoms. The Morgan fingerprint density at radius 2 is 1.86 bits per heavy atom. The summed E-state index contributed by atoms with van der Waals surface area (Å²) in [6, 6.07) is 16.5. The maximum atomic E-state index is 4.65. The molecule has 0 unspecified atom stereocenters. The summed E-state index contributed by atoms with van der Waals surface area (Å²) in [7, 11) is 1.84. The van der Waals surface area contributed by atoms with E-state index in [2.05, 4.69) is 54.9 Å². The third-order valence-electron chi connectivity index (χ3n) is 4.70. The fourth-order valence-electron chi connectivity index (χ4n) is 3.27. The molecule has 0 radical (unpaired) electrons. The van der Waals surface area contributed by atoms with Gasteiger partial charge in [-0.05, 0) is 35.7 Å². The number of nitrogens with one attached hydrogen (secondary N) is 1. The summed E-state index contributed by atoms with van der Waals surface area (Å²) in [6.45, 7) is 4.64. The van der Waals surface area contributed by atoms with Gasteiger partial charge in [-0.3, -0.25) is 4.99 Å². The quantitative estimate of drug-likeness (QED) is 0.333. The van der Waals surface area contributed by atoms with Crippen LogP contribution < -0.4 is 10.2 Å². The molecule has 0 atom stereocenters. The second kappa shape index (κ2) is 9.92. The van der Waals surface area contributed by atoms with Crippen molar-refractivity contribution in [1.29, 1.82) is 0 Å².